The molecule has 2 saturated heterocycles. The van der Waals surface area contributed by atoms with Crippen molar-refractivity contribution in [2.45, 2.75) is 12.5 Å². The SMILES string of the molecule is O=C(CN1C(=O)COc2ccccc21)N1CCC(N2CCNCC2)C1. The van der Waals surface area contributed by atoms with E-state index in [2.05, 4.69) is 10.2 Å². The first-order chi connectivity index (χ1) is 12.2. The maximum absolute atomic E-state index is 12.8. The van der Waals surface area contributed by atoms with Crippen LogP contribution in [0.25, 0.3) is 0 Å². The number of para-hydroxylation sites is 2. The molecule has 3 aliphatic heterocycles. The van der Waals surface area contributed by atoms with Gasteiger partial charge in [-0.15, -0.1) is 0 Å². The summed E-state index contributed by atoms with van der Waals surface area (Å²) in [7, 11) is 0. The zero-order valence-electron chi connectivity index (χ0n) is 14.3. The van der Waals surface area contributed by atoms with Crippen LogP contribution in [0, 0.1) is 0 Å². The second-order valence-corrected chi connectivity index (χ2v) is 6.80. The van der Waals surface area contributed by atoms with E-state index in [1.165, 1.54) is 0 Å². The summed E-state index contributed by atoms with van der Waals surface area (Å²) in [5, 5.41) is 3.36. The number of carbonyl (C=O) groups is 2. The van der Waals surface area contributed by atoms with Crippen LogP contribution in [0.15, 0.2) is 24.3 Å². The minimum absolute atomic E-state index is 0.00625. The van der Waals surface area contributed by atoms with Crippen LogP contribution in [0.5, 0.6) is 5.75 Å². The van der Waals surface area contributed by atoms with Gasteiger partial charge in [0.05, 0.1) is 5.69 Å². The topological polar surface area (TPSA) is 65.1 Å². The first kappa shape index (κ1) is 16.4. The largest absolute Gasteiger partial charge is 0.482 e. The number of rotatable bonds is 3. The summed E-state index contributed by atoms with van der Waals surface area (Å²) in [6, 6.07) is 7.82. The lowest BCUT2D eigenvalue weighted by atomic mass is 10.2. The highest BCUT2D eigenvalue weighted by Crippen LogP contribution is 2.31. The molecule has 0 aliphatic carbocycles. The monoisotopic (exact) mass is 344 g/mol. The van der Waals surface area contributed by atoms with E-state index in [-0.39, 0.29) is 25.0 Å². The van der Waals surface area contributed by atoms with Gasteiger partial charge < -0.3 is 15.0 Å². The minimum Gasteiger partial charge on any atom is -0.482 e. The molecule has 1 N–H and O–H groups in total. The first-order valence-electron chi connectivity index (χ1n) is 8.97. The van der Waals surface area contributed by atoms with Crippen molar-refractivity contribution < 1.29 is 14.3 Å². The molecule has 25 heavy (non-hydrogen) atoms. The van der Waals surface area contributed by atoms with Gasteiger partial charge in [0, 0.05) is 45.3 Å². The maximum Gasteiger partial charge on any atom is 0.265 e. The molecule has 2 amide bonds. The molecule has 4 rings (SSSR count). The van der Waals surface area contributed by atoms with Crippen LogP contribution in [0.1, 0.15) is 6.42 Å². The first-order valence-corrected chi connectivity index (χ1v) is 8.97. The number of amides is 2. The highest BCUT2D eigenvalue weighted by molar-refractivity contribution is 6.02. The van der Waals surface area contributed by atoms with Crippen molar-refractivity contribution >= 4 is 17.5 Å². The number of nitrogens with one attached hydrogen (secondary N) is 1. The Labute approximate surface area is 147 Å². The van der Waals surface area contributed by atoms with Crippen LogP contribution in [0.3, 0.4) is 0 Å². The molecule has 0 aromatic heterocycles. The third kappa shape index (κ3) is 3.34. The molecule has 0 radical (unpaired) electrons. The highest BCUT2D eigenvalue weighted by atomic mass is 16.5. The number of nitrogens with zero attached hydrogens (tertiary/aromatic N) is 3. The van der Waals surface area contributed by atoms with Gasteiger partial charge in [0.1, 0.15) is 12.3 Å². The Morgan fingerprint density at radius 3 is 2.84 bits per heavy atom. The van der Waals surface area contributed by atoms with Crippen LogP contribution in [0.2, 0.25) is 0 Å². The van der Waals surface area contributed by atoms with Gasteiger partial charge in [-0.25, -0.2) is 0 Å². The van der Waals surface area contributed by atoms with Crippen LogP contribution >= 0.6 is 0 Å². The Hall–Kier alpha value is -2.12. The Morgan fingerprint density at radius 1 is 1.20 bits per heavy atom. The molecule has 0 bridgehead atoms. The van der Waals surface area contributed by atoms with Gasteiger partial charge in [-0.1, -0.05) is 12.1 Å². The van der Waals surface area contributed by atoms with Crippen molar-refractivity contribution in [2.24, 2.45) is 0 Å². The molecule has 1 aromatic carbocycles. The molecule has 1 aromatic rings. The summed E-state index contributed by atoms with van der Waals surface area (Å²) >= 11 is 0. The molecular weight excluding hydrogens is 320 g/mol. The molecule has 2 fully saturated rings. The van der Waals surface area contributed by atoms with Crippen molar-refractivity contribution in [1.29, 1.82) is 0 Å². The quantitative estimate of drug-likeness (QED) is 0.831. The van der Waals surface area contributed by atoms with Gasteiger partial charge in [-0.05, 0) is 18.6 Å². The van der Waals surface area contributed by atoms with Crippen LogP contribution in [-0.4, -0.2) is 80.1 Å². The number of ether oxygens (including phenoxy) is 1. The predicted octanol–water partition coefficient (Wildman–Crippen LogP) is -0.0819. The van der Waals surface area contributed by atoms with Crippen LogP contribution < -0.4 is 15.0 Å². The molecule has 7 heteroatoms. The van der Waals surface area contributed by atoms with Gasteiger partial charge in [0.2, 0.25) is 5.91 Å². The molecule has 1 unspecified atom stereocenters. The number of hydrogen-bond acceptors (Lipinski definition) is 5. The summed E-state index contributed by atoms with van der Waals surface area (Å²) in [5.41, 5.74) is 0.685. The molecule has 134 valence electrons. The molecule has 1 atom stereocenters. The number of carbonyl (C=O) groups excluding carboxylic acids is 2. The van der Waals surface area contributed by atoms with E-state index in [0.29, 0.717) is 17.5 Å². The minimum atomic E-state index is -0.162. The third-order valence-corrected chi connectivity index (χ3v) is 5.29. The second kappa shape index (κ2) is 7.01. The summed E-state index contributed by atoms with van der Waals surface area (Å²) in [6.07, 6.45) is 1.01. The molecule has 0 saturated carbocycles. The lowest BCUT2D eigenvalue weighted by Gasteiger charge is -2.33. The highest BCUT2D eigenvalue weighted by Gasteiger charge is 2.33. The number of likely N-dealkylation sites (tertiary alicyclic amines) is 1. The summed E-state index contributed by atoms with van der Waals surface area (Å²) in [4.78, 5) is 30.9. The van der Waals surface area contributed by atoms with E-state index in [4.69, 9.17) is 4.74 Å². The average Bonchev–Trinajstić information content (AvgIpc) is 3.15. The van der Waals surface area contributed by atoms with Crippen molar-refractivity contribution in [1.82, 2.24) is 15.1 Å². The predicted molar refractivity (Wildman–Crippen MR) is 93.7 cm³/mol. The normalized spacial score (nSPS) is 24.2. The smallest absolute Gasteiger partial charge is 0.265 e. The zero-order chi connectivity index (χ0) is 17.2. The zero-order valence-corrected chi connectivity index (χ0v) is 14.3. The summed E-state index contributed by atoms with van der Waals surface area (Å²) < 4.78 is 5.44. The molecule has 3 heterocycles. The summed E-state index contributed by atoms with van der Waals surface area (Å²) in [6.45, 7) is 5.74. The number of piperazine rings is 1. The molecule has 7 nitrogen and oxygen atoms in total. The number of benzene rings is 1. The Morgan fingerprint density at radius 2 is 2.00 bits per heavy atom. The Balaban J connectivity index is 1.40. The van der Waals surface area contributed by atoms with Gasteiger partial charge in [-0.2, -0.15) is 0 Å². The fourth-order valence-electron chi connectivity index (χ4n) is 3.88. The fourth-order valence-corrected chi connectivity index (χ4v) is 3.88. The average molecular weight is 344 g/mol. The van der Waals surface area contributed by atoms with E-state index in [1.54, 1.807) is 4.90 Å². The Kier molecular flexibility index (Phi) is 4.59. The third-order valence-electron chi connectivity index (χ3n) is 5.29. The second-order valence-electron chi connectivity index (χ2n) is 6.80. The van der Waals surface area contributed by atoms with Gasteiger partial charge in [-0.3, -0.25) is 19.4 Å². The van der Waals surface area contributed by atoms with E-state index in [0.717, 1.165) is 45.7 Å². The van der Waals surface area contributed by atoms with E-state index < -0.39 is 0 Å². The number of hydrogen-bond donors (Lipinski definition) is 1. The lowest BCUT2D eigenvalue weighted by molar-refractivity contribution is -0.131. The lowest BCUT2D eigenvalue weighted by Crippen LogP contribution is -2.50. The molecule has 3 aliphatic rings. The fraction of sp³-hybridized carbons (Fsp3) is 0.556. The number of anilines is 1. The maximum atomic E-state index is 12.8. The van der Waals surface area contributed by atoms with Gasteiger partial charge >= 0.3 is 0 Å². The van der Waals surface area contributed by atoms with Crippen molar-refractivity contribution in [3.63, 3.8) is 0 Å². The standard InChI is InChI=1S/C18H24N4O3/c23-17(21-8-5-14(11-21)20-9-6-19-7-10-20)12-22-15-3-1-2-4-16(15)25-13-18(22)24/h1-4,14,19H,5-13H2. The van der Waals surface area contributed by atoms with E-state index in [1.807, 2.05) is 29.2 Å². The van der Waals surface area contributed by atoms with Crippen molar-refractivity contribution in [2.75, 3.05) is 57.3 Å². The van der Waals surface area contributed by atoms with Crippen molar-refractivity contribution in [3.8, 4) is 5.75 Å². The molecule has 0 spiro atoms. The van der Waals surface area contributed by atoms with Crippen LogP contribution in [0.4, 0.5) is 5.69 Å². The number of fused-ring (bicyclic) bond motifs is 1. The van der Waals surface area contributed by atoms with Gasteiger partial charge in [0.15, 0.2) is 6.61 Å². The van der Waals surface area contributed by atoms with E-state index >= 15 is 0 Å². The van der Waals surface area contributed by atoms with Gasteiger partial charge in [0.25, 0.3) is 5.91 Å². The Bertz CT molecular complexity index is 659. The van der Waals surface area contributed by atoms with Crippen LogP contribution in [-0.2, 0) is 9.59 Å². The summed E-state index contributed by atoms with van der Waals surface area (Å²) in [5.74, 6) is 0.516. The molecular formula is C18H24N4O3. The van der Waals surface area contributed by atoms with Crippen molar-refractivity contribution in [3.05, 3.63) is 24.3 Å². The van der Waals surface area contributed by atoms with E-state index in [9.17, 15) is 9.59 Å².